The number of pyridine rings is 1. The molecule has 0 amide bonds. The second-order valence-electron chi connectivity index (χ2n) is 2.56. The van der Waals surface area contributed by atoms with E-state index in [2.05, 4.69) is 15.9 Å². The van der Waals surface area contributed by atoms with Gasteiger partial charge in [0.2, 0.25) is 5.43 Å². The number of H-pyrrole nitrogens is 1. The van der Waals surface area contributed by atoms with Gasteiger partial charge in [-0.15, -0.1) is 0 Å². The Bertz CT molecular complexity index is 540. The van der Waals surface area contributed by atoms with E-state index < -0.39 is 36.9 Å². The minimum Gasteiger partial charge on any atom is -0.350 e. The molecule has 0 saturated heterocycles. The van der Waals surface area contributed by atoms with Crippen molar-refractivity contribution in [3.05, 3.63) is 26.5 Å². The number of primary sulfonamides is 1. The molecule has 15 heavy (non-hydrogen) atoms. The zero-order valence-corrected chi connectivity index (χ0v) is 9.40. The number of aromatic nitrogens is 1. The van der Waals surface area contributed by atoms with Crippen LogP contribution in [0.15, 0.2) is 20.5 Å². The van der Waals surface area contributed by atoms with Gasteiger partial charge in [0.25, 0.3) is 16.4 Å². The van der Waals surface area contributed by atoms with Gasteiger partial charge in [-0.1, -0.05) is 0 Å². The lowest BCUT2D eigenvalue weighted by molar-refractivity contribution is 0.149. The number of aromatic amines is 1. The Balaban J connectivity index is 3.56. The van der Waals surface area contributed by atoms with Gasteiger partial charge in [-0.3, -0.25) is 4.79 Å². The SMILES string of the molecule is NS(=O)(=O)c1[nH]cc(C(F)F)c(=O)c1Br. The summed E-state index contributed by atoms with van der Waals surface area (Å²) in [5, 5.41) is 4.11. The van der Waals surface area contributed by atoms with E-state index in [1.54, 1.807) is 0 Å². The van der Waals surface area contributed by atoms with Crippen molar-refractivity contribution in [2.24, 2.45) is 5.14 Å². The Labute approximate surface area is 91.5 Å². The van der Waals surface area contributed by atoms with Crippen LogP contribution in [0.25, 0.3) is 0 Å². The number of rotatable bonds is 2. The van der Waals surface area contributed by atoms with Gasteiger partial charge in [-0.25, -0.2) is 22.3 Å². The standard InChI is InChI=1S/C6H5BrF2N2O3S/c7-3-4(12)2(5(8)9)1-11-6(3)15(10,13)14/h1,5H,(H,11,12)(H2,10,13,14). The lowest BCUT2D eigenvalue weighted by atomic mass is 10.3. The third kappa shape index (κ3) is 2.41. The Morgan fingerprint density at radius 3 is 2.40 bits per heavy atom. The Morgan fingerprint density at radius 1 is 1.47 bits per heavy atom. The normalized spacial score (nSPS) is 12.1. The molecule has 1 aromatic rings. The molecule has 1 rings (SSSR count). The van der Waals surface area contributed by atoms with E-state index in [4.69, 9.17) is 5.14 Å². The molecule has 0 unspecified atom stereocenters. The zero-order chi connectivity index (χ0) is 11.8. The number of hydrogen-bond donors (Lipinski definition) is 2. The second kappa shape index (κ2) is 3.99. The second-order valence-corrected chi connectivity index (χ2v) is 4.85. The Kier molecular flexibility index (Phi) is 3.26. The number of halogens is 3. The van der Waals surface area contributed by atoms with Crippen LogP contribution in [0.1, 0.15) is 12.0 Å². The van der Waals surface area contributed by atoms with E-state index in [0.717, 1.165) is 0 Å². The topological polar surface area (TPSA) is 93.0 Å². The molecular weight excluding hydrogens is 298 g/mol. The molecule has 0 aliphatic heterocycles. The fourth-order valence-corrected chi connectivity index (χ4v) is 2.46. The van der Waals surface area contributed by atoms with Crippen LogP contribution in [0.5, 0.6) is 0 Å². The number of nitrogens with one attached hydrogen (secondary N) is 1. The van der Waals surface area contributed by atoms with Crippen molar-refractivity contribution in [1.29, 1.82) is 0 Å². The molecule has 1 aromatic heterocycles. The van der Waals surface area contributed by atoms with Crippen LogP contribution in [0.3, 0.4) is 0 Å². The third-order valence-electron chi connectivity index (χ3n) is 1.54. The summed E-state index contributed by atoms with van der Waals surface area (Å²) in [5.41, 5.74) is -1.93. The average Bonchev–Trinajstić information content (AvgIpc) is 2.06. The van der Waals surface area contributed by atoms with Crippen molar-refractivity contribution in [3.8, 4) is 0 Å². The smallest absolute Gasteiger partial charge is 0.269 e. The molecule has 9 heteroatoms. The maximum absolute atomic E-state index is 12.2. The number of hydrogen-bond acceptors (Lipinski definition) is 3. The highest BCUT2D eigenvalue weighted by atomic mass is 79.9. The number of alkyl halides is 2. The van der Waals surface area contributed by atoms with Crippen molar-refractivity contribution in [1.82, 2.24) is 4.98 Å². The summed E-state index contributed by atoms with van der Waals surface area (Å²) in [6, 6.07) is 0. The van der Waals surface area contributed by atoms with Crippen molar-refractivity contribution in [3.63, 3.8) is 0 Å². The predicted molar refractivity (Wildman–Crippen MR) is 51.1 cm³/mol. The maximum Gasteiger partial charge on any atom is 0.269 e. The first-order chi connectivity index (χ1) is 6.75. The molecule has 84 valence electrons. The van der Waals surface area contributed by atoms with Crippen molar-refractivity contribution >= 4 is 26.0 Å². The van der Waals surface area contributed by atoms with Crippen LogP contribution in [0.4, 0.5) is 8.78 Å². The minimum atomic E-state index is -4.15. The third-order valence-corrected chi connectivity index (χ3v) is 3.45. The van der Waals surface area contributed by atoms with Crippen molar-refractivity contribution in [2.45, 2.75) is 11.5 Å². The summed E-state index contributed by atoms with van der Waals surface area (Å²) in [4.78, 5) is 13.2. The van der Waals surface area contributed by atoms with Gasteiger partial charge in [0.05, 0.1) is 5.56 Å². The predicted octanol–water partition coefficient (Wildman–Crippen LogP) is 0.722. The van der Waals surface area contributed by atoms with Crippen molar-refractivity contribution < 1.29 is 17.2 Å². The quantitative estimate of drug-likeness (QED) is 0.843. The Hall–Kier alpha value is -0.800. The van der Waals surface area contributed by atoms with Gasteiger partial charge in [0.1, 0.15) is 4.47 Å². The van der Waals surface area contributed by atoms with E-state index in [-0.39, 0.29) is 0 Å². The first-order valence-electron chi connectivity index (χ1n) is 3.47. The first-order valence-corrected chi connectivity index (χ1v) is 5.81. The molecule has 0 aliphatic rings. The number of nitrogens with two attached hydrogens (primary N) is 1. The van der Waals surface area contributed by atoms with Crippen LogP contribution in [0, 0.1) is 0 Å². The van der Waals surface area contributed by atoms with Gasteiger partial charge >= 0.3 is 0 Å². The molecule has 0 aliphatic carbocycles. The molecular formula is C6H5BrF2N2O3S. The molecule has 0 atom stereocenters. The highest BCUT2D eigenvalue weighted by Gasteiger charge is 2.21. The van der Waals surface area contributed by atoms with E-state index in [0.29, 0.717) is 6.20 Å². The van der Waals surface area contributed by atoms with Crippen LogP contribution in [-0.4, -0.2) is 13.4 Å². The summed E-state index contributed by atoms with van der Waals surface area (Å²) in [5.74, 6) is 0. The van der Waals surface area contributed by atoms with E-state index in [1.165, 1.54) is 0 Å². The molecule has 3 N–H and O–H groups in total. The molecule has 0 saturated carbocycles. The van der Waals surface area contributed by atoms with E-state index in [9.17, 15) is 22.0 Å². The molecule has 0 radical (unpaired) electrons. The lowest BCUT2D eigenvalue weighted by Crippen LogP contribution is -2.21. The zero-order valence-electron chi connectivity index (χ0n) is 7.00. The first kappa shape index (κ1) is 12.3. The minimum absolute atomic E-state index is 0.525. The molecule has 0 fully saturated rings. The lowest BCUT2D eigenvalue weighted by Gasteiger charge is -2.04. The highest BCUT2D eigenvalue weighted by molar-refractivity contribution is 9.10. The van der Waals surface area contributed by atoms with E-state index >= 15 is 0 Å². The van der Waals surface area contributed by atoms with Gasteiger partial charge < -0.3 is 4.98 Å². The summed E-state index contributed by atoms with van der Waals surface area (Å²) in [6.07, 6.45) is -2.36. The Morgan fingerprint density at radius 2 is 2.00 bits per heavy atom. The summed E-state index contributed by atoms with van der Waals surface area (Å²) < 4.78 is 45.7. The van der Waals surface area contributed by atoms with Gasteiger partial charge in [-0.2, -0.15) is 0 Å². The molecule has 0 spiro atoms. The fraction of sp³-hybridized carbons (Fsp3) is 0.167. The monoisotopic (exact) mass is 302 g/mol. The van der Waals surface area contributed by atoms with Gasteiger partial charge in [0, 0.05) is 6.20 Å². The van der Waals surface area contributed by atoms with Crippen LogP contribution < -0.4 is 10.6 Å². The van der Waals surface area contributed by atoms with E-state index in [1.807, 2.05) is 4.98 Å². The number of sulfonamides is 1. The summed E-state index contributed by atoms with van der Waals surface area (Å²) >= 11 is 2.60. The average molecular weight is 303 g/mol. The molecule has 0 bridgehead atoms. The van der Waals surface area contributed by atoms with Gasteiger partial charge in [-0.05, 0) is 15.9 Å². The maximum atomic E-state index is 12.2. The summed E-state index contributed by atoms with van der Waals surface area (Å²) in [7, 11) is -4.15. The fourth-order valence-electron chi connectivity index (χ4n) is 0.871. The van der Waals surface area contributed by atoms with Crippen LogP contribution >= 0.6 is 15.9 Å². The molecule has 1 heterocycles. The molecule has 5 nitrogen and oxygen atoms in total. The summed E-state index contributed by atoms with van der Waals surface area (Å²) in [6.45, 7) is 0. The van der Waals surface area contributed by atoms with Crippen LogP contribution in [0.2, 0.25) is 0 Å². The molecule has 0 aromatic carbocycles. The highest BCUT2D eigenvalue weighted by Crippen LogP contribution is 2.19. The van der Waals surface area contributed by atoms with Crippen LogP contribution in [-0.2, 0) is 10.0 Å². The van der Waals surface area contributed by atoms with Crippen molar-refractivity contribution in [2.75, 3.05) is 0 Å². The largest absolute Gasteiger partial charge is 0.350 e. The van der Waals surface area contributed by atoms with Gasteiger partial charge in [0.15, 0.2) is 5.03 Å².